The third kappa shape index (κ3) is 2.94. The molecule has 1 N–H and O–H groups in total. The zero-order valence-electron chi connectivity index (χ0n) is 10.7. The van der Waals surface area contributed by atoms with Crippen LogP contribution >= 0.6 is 0 Å². The molecular weight excluding hydrogens is 248 g/mol. The van der Waals surface area contributed by atoms with Crippen LogP contribution in [0.2, 0.25) is 0 Å². The number of rotatable bonds is 5. The maximum atomic E-state index is 10.9. The standard InChI is InChI=1S/C12H14N4O3/c1-8-3-4-9(7-10(8)16(17)18)12-15-14-11(19-12)5-6-13-2/h3-4,7,13H,5-6H2,1-2H3. The molecule has 100 valence electrons. The molecule has 1 heterocycles. The van der Waals surface area contributed by atoms with E-state index in [1.165, 1.54) is 6.07 Å². The van der Waals surface area contributed by atoms with Gasteiger partial charge in [0.15, 0.2) is 0 Å². The van der Waals surface area contributed by atoms with Gasteiger partial charge in [0.25, 0.3) is 5.69 Å². The minimum absolute atomic E-state index is 0.0486. The second-order valence-corrected chi connectivity index (χ2v) is 4.11. The molecule has 0 aliphatic rings. The highest BCUT2D eigenvalue weighted by Gasteiger charge is 2.15. The number of nitrogens with one attached hydrogen (secondary N) is 1. The minimum Gasteiger partial charge on any atom is -0.421 e. The van der Waals surface area contributed by atoms with Gasteiger partial charge in [-0.2, -0.15) is 0 Å². The lowest BCUT2D eigenvalue weighted by Gasteiger charge is -1.99. The summed E-state index contributed by atoms with van der Waals surface area (Å²) in [6, 6.07) is 4.85. The molecule has 0 saturated carbocycles. The molecule has 0 radical (unpaired) electrons. The molecule has 0 amide bonds. The van der Waals surface area contributed by atoms with Crippen molar-refractivity contribution < 1.29 is 9.34 Å². The van der Waals surface area contributed by atoms with Gasteiger partial charge in [0.2, 0.25) is 11.8 Å². The van der Waals surface area contributed by atoms with Crippen molar-refractivity contribution >= 4 is 5.69 Å². The molecule has 19 heavy (non-hydrogen) atoms. The fourth-order valence-electron chi connectivity index (χ4n) is 1.64. The molecule has 0 atom stereocenters. The molecule has 0 fully saturated rings. The molecule has 0 aliphatic heterocycles. The van der Waals surface area contributed by atoms with E-state index in [1.807, 2.05) is 7.05 Å². The number of nitro benzene ring substituents is 1. The Bertz CT molecular complexity index is 594. The van der Waals surface area contributed by atoms with Gasteiger partial charge in [0, 0.05) is 30.2 Å². The molecule has 7 nitrogen and oxygen atoms in total. The average molecular weight is 262 g/mol. The van der Waals surface area contributed by atoms with E-state index < -0.39 is 4.92 Å². The van der Waals surface area contributed by atoms with Gasteiger partial charge < -0.3 is 9.73 Å². The van der Waals surface area contributed by atoms with Crippen molar-refractivity contribution in [2.45, 2.75) is 13.3 Å². The smallest absolute Gasteiger partial charge is 0.273 e. The first kappa shape index (κ1) is 13.2. The van der Waals surface area contributed by atoms with Crippen LogP contribution in [0.25, 0.3) is 11.5 Å². The van der Waals surface area contributed by atoms with Gasteiger partial charge in [-0.05, 0) is 20.0 Å². The number of hydrogen-bond donors (Lipinski definition) is 1. The van der Waals surface area contributed by atoms with Crippen molar-refractivity contribution in [3.8, 4) is 11.5 Å². The molecular formula is C12H14N4O3. The Hall–Kier alpha value is -2.28. The lowest BCUT2D eigenvalue weighted by Crippen LogP contribution is -2.10. The van der Waals surface area contributed by atoms with Gasteiger partial charge in [-0.15, -0.1) is 10.2 Å². The Balaban J connectivity index is 2.29. The third-order valence-corrected chi connectivity index (χ3v) is 2.71. The molecule has 0 unspecified atom stereocenters. The van der Waals surface area contributed by atoms with Crippen molar-refractivity contribution in [3.63, 3.8) is 0 Å². The quantitative estimate of drug-likeness (QED) is 0.651. The van der Waals surface area contributed by atoms with Gasteiger partial charge >= 0.3 is 0 Å². The maximum Gasteiger partial charge on any atom is 0.273 e. The van der Waals surface area contributed by atoms with Crippen LogP contribution in [0.1, 0.15) is 11.5 Å². The predicted octanol–water partition coefficient (Wildman–Crippen LogP) is 1.72. The van der Waals surface area contributed by atoms with Crippen molar-refractivity contribution in [1.82, 2.24) is 15.5 Å². The van der Waals surface area contributed by atoms with Crippen molar-refractivity contribution in [3.05, 3.63) is 39.8 Å². The lowest BCUT2D eigenvalue weighted by molar-refractivity contribution is -0.385. The van der Waals surface area contributed by atoms with Gasteiger partial charge in [0.1, 0.15) is 0 Å². The minimum atomic E-state index is -0.420. The Morgan fingerprint density at radius 3 is 2.89 bits per heavy atom. The maximum absolute atomic E-state index is 10.9. The molecule has 7 heteroatoms. The summed E-state index contributed by atoms with van der Waals surface area (Å²) in [5.74, 6) is 0.807. The van der Waals surface area contributed by atoms with Crippen molar-refractivity contribution in [2.24, 2.45) is 0 Å². The second kappa shape index (κ2) is 5.57. The lowest BCUT2D eigenvalue weighted by atomic mass is 10.1. The SMILES string of the molecule is CNCCc1nnc(-c2ccc(C)c([N+](=O)[O-])c2)o1. The summed E-state index contributed by atoms with van der Waals surface area (Å²) in [6.07, 6.45) is 0.622. The van der Waals surface area contributed by atoms with Crippen LogP contribution in [0.15, 0.2) is 22.6 Å². The average Bonchev–Trinajstić information content (AvgIpc) is 2.85. The van der Waals surface area contributed by atoms with Crippen LogP contribution in [0.5, 0.6) is 0 Å². The van der Waals surface area contributed by atoms with Gasteiger partial charge in [-0.25, -0.2) is 0 Å². The van der Waals surface area contributed by atoms with Crippen LogP contribution in [-0.2, 0) is 6.42 Å². The van der Waals surface area contributed by atoms with Gasteiger partial charge in [0.05, 0.1) is 4.92 Å². The van der Waals surface area contributed by atoms with E-state index in [9.17, 15) is 10.1 Å². The number of aromatic nitrogens is 2. The van der Waals surface area contributed by atoms with Crippen LogP contribution < -0.4 is 5.32 Å². The normalized spacial score (nSPS) is 10.6. The number of aryl methyl sites for hydroxylation is 1. The van der Waals surface area contributed by atoms with Crippen LogP contribution in [0, 0.1) is 17.0 Å². The topological polar surface area (TPSA) is 94.1 Å². The fraction of sp³-hybridized carbons (Fsp3) is 0.333. The van der Waals surface area contributed by atoms with E-state index in [4.69, 9.17) is 4.42 Å². The van der Waals surface area contributed by atoms with E-state index in [1.54, 1.807) is 19.1 Å². The van der Waals surface area contributed by atoms with Crippen LogP contribution in [0.3, 0.4) is 0 Å². The van der Waals surface area contributed by atoms with E-state index in [-0.39, 0.29) is 5.69 Å². The van der Waals surface area contributed by atoms with Crippen molar-refractivity contribution in [2.75, 3.05) is 13.6 Å². The van der Waals surface area contributed by atoms with Gasteiger partial charge in [-0.1, -0.05) is 6.07 Å². The zero-order valence-corrected chi connectivity index (χ0v) is 10.7. The summed E-state index contributed by atoms with van der Waals surface area (Å²) < 4.78 is 5.46. The van der Waals surface area contributed by atoms with E-state index in [0.29, 0.717) is 29.3 Å². The molecule has 1 aromatic heterocycles. The second-order valence-electron chi connectivity index (χ2n) is 4.11. The molecule has 1 aromatic carbocycles. The molecule has 0 spiro atoms. The number of nitro groups is 1. The summed E-state index contributed by atoms with van der Waals surface area (Å²) in [5, 5.41) is 21.7. The summed E-state index contributed by atoms with van der Waals surface area (Å²) in [7, 11) is 1.83. The van der Waals surface area contributed by atoms with Gasteiger partial charge in [-0.3, -0.25) is 10.1 Å². The Morgan fingerprint density at radius 2 is 2.21 bits per heavy atom. The molecule has 2 rings (SSSR count). The van der Waals surface area contributed by atoms with E-state index >= 15 is 0 Å². The van der Waals surface area contributed by atoms with Crippen molar-refractivity contribution in [1.29, 1.82) is 0 Å². The highest BCUT2D eigenvalue weighted by molar-refractivity contribution is 5.59. The molecule has 0 saturated heterocycles. The first-order valence-electron chi connectivity index (χ1n) is 5.84. The summed E-state index contributed by atoms with van der Waals surface area (Å²) in [5.41, 5.74) is 1.21. The number of benzene rings is 1. The van der Waals surface area contributed by atoms with E-state index in [2.05, 4.69) is 15.5 Å². The Kier molecular flexibility index (Phi) is 3.86. The molecule has 0 aliphatic carbocycles. The number of hydrogen-bond acceptors (Lipinski definition) is 6. The largest absolute Gasteiger partial charge is 0.421 e. The fourth-order valence-corrected chi connectivity index (χ4v) is 1.64. The number of nitrogens with zero attached hydrogens (tertiary/aromatic N) is 3. The van der Waals surface area contributed by atoms with Crippen LogP contribution in [-0.4, -0.2) is 28.7 Å². The Labute approximate surface area is 109 Å². The summed E-state index contributed by atoms with van der Waals surface area (Å²) in [4.78, 5) is 10.5. The highest BCUT2D eigenvalue weighted by atomic mass is 16.6. The Morgan fingerprint density at radius 1 is 1.42 bits per heavy atom. The molecule has 0 bridgehead atoms. The zero-order chi connectivity index (χ0) is 13.8. The monoisotopic (exact) mass is 262 g/mol. The summed E-state index contributed by atoms with van der Waals surface area (Å²) >= 11 is 0. The molecule has 2 aromatic rings. The van der Waals surface area contributed by atoms with Crippen LogP contribution in [0.4, 0.5) is 5.69 Å². The third-order valence-electron chi connectivity index (χ3n) is 2.71. The highest BCUT2D eigenvalue weighted by Crippen LogP contribution is 2.25. The predicted molar refractivity (Wildman–Crippen MR) is 68.8 cm³/mol. The van der Waals surface area contributed by atoms with E-state index in [0.717, 1.165) is 6.54 Å². The number of likely N-dealkylation sites (N-methyl/N-ethyl adjacent to an activating group) is 1. The summed E-state index contributed by atoms with van der Waals surface area (Å²) in [6.45, 7) is 2.42. The first-order valence-corrected chi connectivity index (χ1v) is 5.84. The first-order chi connectivity index (χ1) is 9.11.